The molecule has 3 rings (SSSR count). The molecule has 1 fully saturated rings. The van der Waals surface area contributed by atoms with Gasteiger partial charge in [0.05, 0.1) is 25.8 Å². The highest BCUT2D eigenvalue weighted by molar-refractivity contribution is 7.89. The van der Waals surface area contributed by atoms with Crippen LogP contribution in [0.5, 0.6) is 11.5 Å². The Bertz CT molecular complexity index is 996. The molecule has 1 aliphatic rings. The molecule has 1 heterocycles. The van der Waals surface area contributed by atoms with E-state index >= 15 is 0 Å². The number of carbonyl (C=O) groups is 1. The van der Waals surface area contributed by atoms with Gasteiger partial charge >= 0.3 is 0 Å². The van der Waals surface area contributed by atoms with Crippen LogP contribution in [0.15, 0.2) is 47.4 Å². The zero-order valence-electron chi connectivity index (χ0n) is 16.2. The Labute approximate surface area is 169 Å². The molecule has 9 heteroatoms. The normalized spacial score (nSPS) is 17.6. The summed E-state index contributed by atoms with van der Waals surface area (Å²) < 4.78 is 51.4. The molecule has 1 N–H and O–H groups in total. The van der Waals surface area contributed by atoms with E-state index in [-0.39, 0.29) is 29.6 Å². The Morgan fingerprint density at radius 1 is 1.14 bits per heavy atom. The number of sulfonamides is 1. The lowest BCUT2D eigenvalue weighted by Gasteiger charge is -2.31. The van der Waals surface area contributed by atoms with E-state index in [1.807, 2.05) is 0 Å². The Balaban J connectivity index is 1.80. The molecule has 0 spiro atoms. The summed E-state index contributed by atoms with van der Waals surface area (Å²) in [6.45, 7) is 0.253. The van der Waals surface area contributed by atoms with Gasteiger partial charge < -0.3 is 14.8 Å². The summed E-state index contributed by atoms with van der Waals surface area (Å²) in [5.41, 5.74) is 0.520. The number of anilines is 1. The number of methoxy groups -OCH3 is 2. The lowest BCUT2D eigenvalue weighted by molar-refractivity contribution is -0.120. The topological polar surface area (TPSA) is 84.9 Å². The van der Waals surface area contributed by atoms with Gasteiger partial charge in [0, 0.05) is 13.1 Å². The predicted octanol–water partition coefficient (Wildman–Crippen LogP) is 2.88. The average Bonchev–Trinajstić information content (AvgIpc) is 2.74. The standard InChI is InChI=1S/C20H23FN2O5S/c1-27-17-8-4-3-7-16(17)22-20(24)14-6-5-11-23(13-14)29(25,26)19-12-15(21)9-10-18(19)28-2/h3-4,7-10,12,14H,5-6,11,13H2,1-2H3,(H,22,24). The van der Waals surface area contributed by atoms with Crippen LogP contribution in [0, 0.1) is 11.7 Å². The van der Waals surface area contributed by atoms with E-state index in [1.54, 1.807) is 24.3 Å². The van der Waals surface area contributed by atoms with Crippen LogP contribution in [-0.2, 0) is 14.8 Å². The molecular weight excluding hydrogens is 399 g/mol. The van der Waals surface area contributed by atoms with Crippen molar-refractivity contribution < 1.29 is 27.1 Å². The van der Waals surface area contributed by atoms with Crippen molar-refractivity contribution >= 4 is 21.6 Å². The third kappa shape index (κ3) is 4.51. The molecule has 156 valence electrons. The maximum absolute atomic E-state index is 13.7. The highest BCUT2D eigenvalue weighted by Crippen LogP contribution is 2.31. The fourth-order valence-corrected chi connectivity index (χ4v) is 5.04. The van der Waals surface area contributed by atoms with Crippen molar-refractivity contribution in [1.82, 2.24) is 4.31 Å². The lowest BCUT2D eigenvalue weighted by Crippen LogP contribution is -2.43. The summed E-state index contributed by atoms with van der Waals surface area (Å²) >= 11 is 0. The predicted molar refractivity (Wildman–Crippen MR) is 106 cm³/mol. The number of nitrogens with zero attached hydrogens (tertiary/aromatic N) is 1. The van der Waals surface area contributed by atoms with Gasteiger partial charge in [-0.25, -0.2) is 12.8 Å². The van der Waals surface area contributed by atoms with Gasteiger partial charge in [-0.05, 0) is 43.2 Å². The van der Waals surface area contributed by atoms with Crippen molar-refractivity contribution in [2.24, 2.45) is 5.92 Å². The van der Waals surface area contributed by atoms with E-state index in [9.17, 15) is 17.6 Å². The number of benzene rings is 2. The highest BCUT2D eigenvalue weighted by atomic mass is 32.2. The summed E-state index contributed by atoms with van der Waals surface area (Å²) in [4.78, 5) is 12.5. The molecule has 0 radical (unpaired) electrons. The zero-order valence-corrected chi connectivity index (χ0v) is 17.0. The first-order valence-electron chi connectivity index (χ1n) is 9.14. The highest BCUT2D eigenvalue weighted by Gasteiger charge is 2.35. The molecule has 1 aliphatic heterocycles. The molecule has 2 aromatic carbocycles. The van der Waals surface area contributed by atoms with Gasteiger partial charge in [-0.15, -0.1) is 0 Å². The maximum atomic E-state index is 13.7. The Hall–Kier alpha value is -2.65. The molecular formula is C20H23FN2O5S. The van der Waals surface area contributed by atoms with E-state index in [0.717, 1.165) is 12.1 Å². The number of amides is 1. The largest absolute Gasteiger partial charge is 0.495 e. The van der Waals surface area contributed by atoms with Gasteiger partial charge in [0.25, 0.3) is 0 Å². The number of halogens is 1. The number of ether oxygens (including phenoxy) is 2. The number of hydrogen-bond acceptors (Lipinski definition) is 5. The second kappa shape index (κ2) is 8.79. The maximum Gasteiger partial charge on any atom is 0.246 e. The summed E-state index contributed by atoms with van der Waals surface area (Å²) in [6, 6.07) is 10.3. The number of carbonyl (C=O) groups excluding carboxylic acids is 1. The molecule has 1 amide bonds. The lowest BCUT2D eigenvalue weighted by atomic mass is 9.98. The third-order valence-corrected chi connectivity index (χ3v) is 6.75. The monoisotopic (exact) mass is 422 g/mol. The number of nitrogens with one attached hydrogen (secondary N) is 1. The van der Waals surface area contributed by atoms with Crippen molar-refractivity contribution in [1.29, 1.82) is 0 Å². The summed E-state index contributed by atoms with van der Waals surface area (Å²) in [5, 5.41) is 2.80. The van der Waals surface area contributed by atoms with Crippen LogP contribution in [0.25, 0.3) is 0 Å². The first-order chi connectivity index (χ1) is 13.9. The molecule has 0 bridgehead atoms. The summed E-state index contributed by atoms with van der Waals surface area (Å²) in [6.07, 6.45) is 1.06. The van der Waals surface area contributed by atoms with E-state index in [0.29, 0.717) is 24.3 Å². The number of rotatable bonds is 6. The minimum absolute atomic E-state index is 0.00296. The minimum atomic E-state index is -4.02. The number of hydrogen-bond donors (Lipinski definition) is 1. The Morgan fingerprint density at radius 2 is 1.86 bits per heavy atom. The molecule has 1 atom stereocenters. The van der Waals surface area contributed by atoms with E-state index < -0.39 is 21.8 Å². The molecule has 0 aromatic heterocycles. The molecule has 0 saturated carbocycles. The van der Waals surface area contributed by atoms with Crippen LogP contribution >= 0.6 is 0 Å². The van der Waals surface area contributed by atoms with Crippen LogP contribution < -0.4 is 14.8 Å². The SMILES string of the molecule is COc1ccccc1NC(=O)C1CCCN(S(=O)(=O)c2cc(F)ccc2OC)C1. The van der Waals surface area contributed by atoms with Crippen LogP contribution in [0.4, 0.5) is 10.1 Å². The van der Waals surface area contributed by atoms with E-state index in [4.69, 9.17) is 9.47 Å². The van der Waals surface area contributed by atoms with Gasteiger partial charge in [0.1, 0.15) is 22.2 Å². The molecule has 29 heavy (non-hydrogen) atoms. The van der Waals surface area contributed by atoms with Crippen LogP contribution in [0.1, 0.15) is 12.8 Å². The fraction of sp³-hybridized carbons (Fsp3) is 0.350. The van der Waals surface area contributed by atoms with Gasteiger partial charge in [0.15, 0.2) is 0 Å². The van der Waals surface area contributed by atoms with Crippen molar-refractivity contribution in [3.05, 3.63) is 48.3 Å². The first kappa shape index (κ1) is 21.1. The number of piperidine rings is 1. The van der Waals surface area contributed by atoms with Crippen LogP contribution in [-0.4, -0.2) is 45.9 Å². The Morgan fingerprint density at radius 3 is 2.59 bits per heavy atom. The third-order valence-electron chi connectivity index (χ3n) is 4.86. The summed E-state index contributed by atoms with van der Waals surface area (Å²) in [5.74, 6) is -0.923. The van der Waals surface area contributed by atoms with Gasteiger partial charge in [-0.2, -0.15) is 4.31 Å². The molecule has 2 aromatic rings. The van der Waals surface area contributed by atoms with Crippen molar-refractivity contribution in [3.63, 3.8) is 0 Å². The fourth-order valence-electron chi connectivity index (χ4n) is 3.35. The second-order valence-electron chi connectivity index (χ2n) is 6.69. The quantitative estimate of drug-likeness (QED) is 0.774. The van der Waals surface area contributed by atoms with E-state index in [2.05, 4.69) is 5.32 Å². The van der Waals surface area contributed by atoms with Gasteiger partial charge in [-0.1, -0.05) is 12.1 Å². The summed E-state index contributed by atoms with van der Waals surface area (Å²) in [7, 11) is -1.18. The molecule has 0 aliphatic carbocycles. The van der Waals surface area contributed by atoms with Crippen molar-refractivity contribution in [3.8, 4) is 11.5 Å². The van der Waals surface area contributed by atoms with Crippen LogP contribution in [0.2, 0.25) is 0 Å². The van der Waals surface area contributed by atoms with Gasteiger partial charge in [0.2, 0.25) is 15.9 Å². The van der Waals surface area contributed by atoms with Crippen molar-refractivity contribution in [2.45, 2.75) is 17.7 Å². The molecule has 1 unspecified atom stereocenters. The van der Waals surface area contributed by atoms with E-state index in [1.165, 1.54) is 24.6 Å². The number of para-hydroxylation sites is 2. The van der Waals surface area contributed by atoms with Crippen LogP contribution in [0.3, 0.4) is 0 Å². The second-order valence-corrected chi connectivity index (χ2v) is 8.59. The molecule has 7 nitrogen and oxygen atoms in total. The minimum Gasteiger partial charge on any atom is -0.495 e. The van der Waals surface area contributed by atoms with Gasteiger partial charge in [-0.3, -0.25) is 4.79 Å². The zero-order chi connectivity index (χ0) is 21.0. The average molecular weight is 422 g/mol. The van der Waals surface area contributed by atoms with Crippen molar-refractivity contribution in [2.75, 3.05) is 32.6 Å². The molecule has 1 saturated heterocycles. The first-order valence-corrected chi connectivity index (χ1v) is 10.6. The smallest absolute Gasteiger partial charge is 0.246 e. The Kier molecular flexibility index (Phi) is 6.39.